The number of rotatable bonds is 6. The fourth-order valence-electron chi connectivity index (χ4n) is 0.927. The third kappa shape index (κ3) is 9.70. The van der Waals surface area contributed by atoms with Gasteiger partial charge in [0, 0.05) is 0 Å². The van der Waals surface area contributed by atoms with E-state index in [1.165, 1.54) is 6.42 Å². The van der Waals surface area contributed by atoms with Crippen LogP contribution in [0.4, 0.5) is 0 Å². The molecule has 0 saturated carbocycles. The molecule has 1 N–H and O–H groups in total. The average Bonchev–Trinajstić information content (AvgIpc) is 1.96. The van der Waals surface area contributed by atoms with Crippen LogP contribution < -0.4 is 0 Å². The van der Waals surface area contributed by atoms with Gasteiger partial charge in [0.05, 0.1) is 6.10 Å². The summed E-state index contributed by atoms with van der Waals surface area (Å²) < 4.78 is 0. The largest absolute Gasteiger partial charge is 0.393 e. The number of unbranched alkanes of at least 4 members (excludes halogenated alkanes) is 2. The van der Waals surface area contributed by atoms with E-state index < -0.39 is 0 Å². The highest BCUT2D eigenvalue weighted by Crippen LogP contribution is 2.03. The van der Waals surface area contributed by atoms with Gasteiger partial charge in [-0.05, 0) is 32.6 Å². The van der Waals surface area contributed by atoms with Crippen LogP contribution in [0.2, 0.25) is 0 Å². The van der Waals surface area contributed by atoms with Crippen LogP contribution in [0.25, 0.3) is 0 Å². The van der Waals surface area contributed by atoms with Gasteiger partial charge in [-0.3, -0.25) is 0 Å². The third-order valence-electron chi connectivity index (χ3n) is 1.56. The summed E-state index contributed by atoms with van der Waals surface area (Å²) in [5, 5.41) is 8.83. The van der Waals surface area contributed by atoms with Crippen molar-refractivity contribution in [1.82, 2.24) is 0 Å². The fraction of sp³-hybridized carbons (Fsp3) is 0.700. The lowest BCUT2D eigenvalue weighted by molar-refractivity contribution is 0.206. The van der Waals surface area contributed by atoms with E-state index in [2.05, 4.69) is 26.0 Å². The van der Waals surface area contributed by atoms with Gasteiger partial charge >= 0.3 is 0 Å². The van der Waals surface area contributed by atoms with Crippen molar-refractivity contribution in [3.63, 3.8) is 0 Å². The Morgan fingerprint density at radius 2 is 2.09 bits per heavy atom. The van der Waals surface area contributed by atoms with Gasteiger partial charge in [-0.25, -0.2) is 0 Å². The first-order valence-corrected chi connectivity index (χ1v) is 4.43. The summed E-state index contributed by atoms with van der Waals surface area (Å²) in [5.41, 5.74) is 0. The number of aliphatic hydroxyl groups excluding tert-OH is 1. The Hall–Kier alpha value is -0.300. The summed E-state index contributed by atoms with van der Waals surface area (Å²) in [6, 6.07) is 0. The lowest BCUT2D eigenvalue weighted by Crippen LogP contribution is -1.98. The molecule has 0 aromatic heterocycles. The Morgan fingerprint density at radius 3 is 2.64 bits per heavy atom. The molecule has 0 aliphatic rings. The molecule has 11 heavy (non-hydrogen) atoms. The van der Waals surface area contributed by atoms with Crippen LogP contribution in [0, 0.1) is 6.92 Å². The molecule has 65 valence electrons. The summed E-state index contributed by atoms with van der Waals surface area (Å²) in [5.74, 6) is 0. The maximum absolute atomic E-state index is 8.83. The van der Waals surface area contributed by atoms with Gasteiger partial charge in [0.15, 0.2) is 0 Å². The van der Waals surface area contributed by atoms with E-state index in [-0.39, 0.29) is 6.10 Å². The molecule has 0 heterocycles. The maximum atomic E-state index is 8.83. The third-order valence-corrected chi connectivity index (χ3v) is 1.56. The Labute approximate surface area is 70.1 Å². The lowest BCUT2D eigenvalue weighted by Gasteiger charge is -2.00. The van der Waals surface area contributed by atoms with Crippen LogP contribution in [0.3, 0.4) is 0 Å². The van der Waals surface area contributed by atoms with E-state index in [0.29, 0.717) is 0 Å². The van der Waals surface area contributed by atoms with E-state index in [0.717, 1.165) is 25.7 Å². The minimum absolute atomic E-state index is 0.370. The second-order valence-electron chi connectivity index (χ2n) is 2.82. The second kappa shape index (κ2) is 7.80. The van der Waals surface area contributed by atoms with E-state index in [9.17, 15) is 0 Å². The molecule has 1 nitrogen and oxygen atoms in total. The molecular formula is C10H19O. The molecule has 1 radical (unpaired) electrons. The number of allylic oxidation sites excluding steroid dienone is 2. The van der Waals surface area contributed by atoms with E-state index in [4.69, 9.17) is 5.11 Å². The van der Waals surface area contributed by atoms with Crippen LogP contribution in [-0.4, -0.2) is 11.2 Å². The maximum Gasteiger partial charge on any atom is 0.0541 e. The molecule has 0 aromatic carbocycles. The number of hydrogen-bond donors (Lipinski definition) is 1. The van der Waals surface area contributed by atoms with E-state index >= 15 is 0 Å². The Balaban J connectivity index is 2.96. The van der Waals surface area contributed by atoms with Crippen molar-refractivity contribution in [3.05, 3.63) is 19.1 Å². The molecular weight excluding hydrogens is 136 g/mol. The van der Waals surface area contributed by atoms with Gasteiger partial charge in [0.1, 0.15) is 0 Å². The van der Waals surface area contributed by atoms with Gasteiger partial charge < -0.3 is 5.11 Å². The first kappa shape index (κ1) is 10.7. The molecule has 0 spiro atoms. The Bertz CT molecular complexity index is 95.0. The lowest BCUT2D eigenvalue weighted by atomic mass is 10.1. The van der Waals surface area contributed by atoms with Crippen LogP contribution >= 0.6 is 0 Å². The highest BCUT2D eigenvalue weighted by Gasteiger charge is 1.93. The predicted octanol–water partition coefficient (Wildman–Crippen LogP) is 2.71. The van der Waals surface area contributed by atoms with Crippen LogP contribution in [-0.2, 0) is 0 Å². The molecule has 0 aromatic rings. The van der Waals surface area contributed by atoms with Crippen LogP contribution in [0.15, 0.2) is 12.2 Å². The van der Waals surface area contributed by atoms with Crippen molar-refractivity contribution < 1.29 is 5.11 Å². The molecule has 0 amide bonds. The van der Waals surface area contributed by atoms with Crippen molar-refractivity contribution in [2.45, 2.75) is 45.1 Å². The average molecular weight is 155 g/mol. The zero-order valence-electron chi connectivity index (χ0n) is 7.42. The van der Waals surface area contributed by atoms with E-state index in [1.807, 2.05) is 0 Å². The first-order chi connectivity index (χ1) is 5.27. The standard InChI is InChI=1S/C10H19O/c1-3-4-5-6-7-8-9-10(2)11/h4-5,10-11H,2-3,6-9H2,1H3. The van der Waals surface area contributed by atoms with Gasteiger partial charge in [-0.15, -0.1) is 0 Å². The Kier molecular flexibility index (Phi) is 7.59. The molecule has 0 bridgehead atoms. The highest BCUT2D eigenvalue weighted by atomic mass is 16.3. The van der Waals surface area contributed by atoms with Crippen molar-refractivity contribution in [2.24, 2.45) is 0 Å². The molecule has 0 saturated heterocycles. The molecule has 0 aliphatic heterocycles. The quantitative estimate of drug-likeness (QED) is 0.462. The van der Waals surface area contributed by atoms with Crippen molar-refractivity contribution in [3.8, 4) is 0 Å². The van der Waals surface area contributed by atoms with Crippen LogP contribution in [0.1, 0.15) is 39.0 Å². The molecule has 0 fully saturated rings. The van der Waals surface area contributed by atoms with Gasteiger partial charge in [-0.2, -0.15) is 0 Å². The van der Waals surface area contributed by atoms with Crippen molar-refractivity contribution in [1.29, 1.82) is 0 Å². The predicted molar refractivity (Wildman–Crippen MR) is 49.3 cm³/mol. The first-order valence-electron chi connectivity index (χ1n) is 4.43. The van der Waals surface area contributed by atoms with Crippen molar-refractivity contribution >= 4 is 0 Å². The molecule has 0 aliphatic carbocycles. The molecule has 1 unspecified atom stereocenters. The normalized spacial score (nSPS) is 14.1. The topological polar surface area (TPSA) is 20.2 Å². The monoisotopic (exact) mass is 155 g/mol. The highest BCUT2D eigenvalue weighted by molar-refractivity contribution is 4.79. The SMILES string of the molecule is [CH2]C(O)CCCCC=CCC. The molecule has 0 rings (SSSR count). The number of aliphatic hydroxyl groups is 1. The Morgan fingerprint density at radius 1 is 1.36 bits per heavy atom. The summed E-state index contributed by atoms with van der Waals surface area (Å²) in [7, 11) is 0. The fourth-order valence-corrected chi connectivity index (χ4v) is 0.927. The molecule has 1 atom stereocenters. The van der Waals surface area contributed by atoms with E-state index in [1.54, 1.807) is 0 Å². The minimum atomic E-state index is -0.370. The summed E-state index contributed by atoms with van der Waals surface area (Å²) in [4.78, 5) is 0. The smallest absolute Gasteiger partial charge is 0.0541 e. The van der Waals surface area contributed by atoms with Crippen LogP contribution in [0.5, 0.6) is 0 Å². The van der Waals surface area contributed by atoms with Gasteiger partial charge in [-0.1, -0.05) is 25.5 Å². The molecule has 1 heteroatoms. The summed E-state index contributed by atoms with van der Waals surface area (Å²) in [6.45, 7) is 5.65. The van der Waals surface area contributed by atoms with Crippen molar-refractivity contribution in [2.75, 3.05) is 0 Å². The zero-order valence-corrected chi connectivity index (χ0v) is 7.42. The van der Waals surface area contributed by atoms with Gasteiger partial charge in [0.25, 0.3) is 0 Å². The summed E-state index contributed by atoms with van der Waals surface area (Å²) in [6.07, 6.45) is 9.36. The second-order valence-corrected chi connectivity index (χ2v) is 2.82. The minimum Gasteiger partial charge on any atom is -0.393 e. The summed E-state index contributed by atoms with van der Waals surface area (Å²) >= 11 is 0. The zero-order chi connectivity index (χ0) is 8.53. The number of hydrogen-bond acceptors (Lipinski definition) is 1. The van der Waals surface area contributed by atoms with Gasteiger partial charge in [0.2, 0.25) is 0 Å².